The maximum atomic E-state index is 6.83. The van der Waals surface area contributed by atoms with Gasteiger partial charge in [-0.15, -0.1) is 12.0 Å². The van der Waals surface area contributed by atoms with Crippen molar-refractivity contribution in [2.24, 2.45) is 12.5 Å². The minimum atomic E-state index is -0.197. The molecule has 4 N–H and O–H groups in total. The summed E-state index contributed by atoms with van der Waals surface area (Å²) in [7, 11) is 1.95. The zero-order chi connectivity index (χ0) is 27.3. The first-order valence-electron chi connectivity index (χ1n) is 13.2. The van der Waals surface area contributed by atoms with E-state index in [-0.39, 0.29) is 11.5 Å². The fraction of sp³-hybridized carbons (Fsp3) is 0.333. The van der Waals surface area contributed by atoms with Gasteiger partial charge in [-0.05, 0) is 42.0 Å². The Bertz CT molecular complexity index is 1640. The van der Waals surface area contributed by atoms with E-state index in [9.17, 15) is 0 Å². The highest BCUT2D eigenvalue weighted by Crippen LogP contribution is 2.38. The fourth-order valence-corrected chi connectivity index (χ4v) is 5.23. The van der Waals surface area contributed by atoms with Crippen molar-refractivity contribution in [1.29, 1.82) is 0 Å². The van der Waals surface area contributed by atoms with E-state index in [1.807, 2.05) is 29.9 Å². The number of benzene rings is 2. The van der Waals surface area contributed by atoms with Crippen molar-refractivity contribution in [3.05, 3.63) is 70.8 Å². The Morgan fingerprint density at radius 3 is 2.79 bits per heavy atom. The molecule has 1 aliphatic carbocycles. The Morgan fingerprint density at radius 2 is 2.05 bits per heavy atom. The van der Waals surface area contributed by atoms with Gasteiger partial charge >= 0.3 is 0 Å². The molecule has 2 aliphatic rings. The Labute approximate surface area is 233 Å². The van der Waals surface area contributed by atoms with Gasteiger partial charge in [0.05, 0.1) is 39.0 Å². The lowest BCUT2D eigenvalue weighted by Gasteiger charge is -2.24. The van der Waals surface area contributed by atoms with E-state index >= 15 is 0 Å². The topological polar surface area (TPSA) is 82.1 Å². The molecule has 0 saturated heterocycles. The summed E-state index contributed by atoms with van der Waals surface area (Å²) in [6, 6.07) is 10.6. The molecule has 1 atom stereocenters. The Balaban J connectivity index is 1.45. The molecule has 0 radical (unpaired) electrons. The molecule has 1 aliphatic heterocycles. The van der Waals surface area contributed by atoms with E-state index < -0.39 is 0 Å². The van der Waals surface area contributed by atoms with Gasteiger partial charge in [0, 0.05) is 54.7 Å². The van der Waals surface area contributed by atoms with Crippen molar-refractivity contribution in [2.75, 3.05) is 17.2 Å². The van der Waals surface area contributed by atoms with Crippen LogP contribution < -0.4 is 21.6 Å². The smallest absolute Gasteiger partial charge is 0.0951 e. The molecule has 2 aromatic carbocycles. The van der Waals surface area contributed by atoms with Crippen molar-refractivity contribution in [3.8, 4) is 12.3 Å². The zero-order valence-corrected chi connectivity index (χ0v) is 23.4. The van der Waals surface area contributed by atoms with Crippen molar-refractivity contribution in [2.45, 2.75) is 45.7 Å². The number of aromatic nitrogens is 3. The number of terminal acetylenes is 1. The number of rotatable bonds is 7. The highest BCUT2D eigenvalue weighted by Gasteiger charge is 2.33. The molecule has 0 amide bonds. The van der Waals surface area contributed by atoms with E-state index in [0.717, 1.165) is 45.5 Å². The Kier molecular flexibility index (Phi) is 6.29. The lowest BCUT2D eigenvalue weighted by atomic mass is 9.96. The molecule has 1 fully saturated rings. The molecule has 2 aromatic heterocycles. The maximum absolute atomic E-state index is 6.83. The number of anilines is 2. The maximum Gasteiger partial charge on any atom is 0.0951 e. The predicted molar refractivity (Wildman–Crippen MR) is 159 cm³/mol. The van der Waals surface area contributed by atoms with Crippen molar-refractivity contribution in [1.82, 2.24) is 30.7 Å². The number of halogens is 1. The monoisotopic (exact) mass is 540 g/mol. The van der Waals surface area contributed by atoms with E-state index in [1.165, 1.54) is 12.8 Å². The third-order valence-corrected chi connectivity index (χ3v) is 7.34. The summed E-state index contributed by atoms with van der Waals surface area (Å²) >= 11 is 6.83. The minimum Gasteiger partial charge on any atom is -0.383 e. The summed E-state index contributed by atoms with van der Waals surface area (Å²) in [5, 5.41) is 16.6. The van der Waals surface area contributed by atoms with Crippen molar-refractivity contribution >= 4 is 44.8 Å². The zero-order valence-electron chi connectivity index (χ0n) is 22.6. The van der Waals surface area contributed by atoms with Gasteiger partial charge in [0.2, 0.25) is 0 Å². The number of hydrogen-bond acceptors (Lipinski definition) is 7. The summed E-state index contributed by atoms with van der Waals surface area (Å²) in [6.45, 7) is 7.30. The first-order valence-corrected chi connectivity index (χ1v) is 13.6. The van der Waals surface area contributed by atoms with Gasteiger partial charge in [0.15, 0.2) is 0 Å². The molecule has 4 aromatic rings. The number of hydrazine groups is 2. The van der Waals surface area contributed by atoms with Crippen LogP contribution in [0.1, 0.15) is 50.8 Å². The van der Waals surface area contributed by atoms with Crippen LogP contribution in [-0.2, 0) is 7.05 Å². The lowest BCUT2D eigenvalue weighted by Crippen LogP contribution is -2.38. The lowest BCUT2D eigenvalue weighted by molar-refractivity contribution is 0.260. The van der Waals surface area contributed by atoms with Crippen LogP contribution >= 0.6 is 11.6 Å². The molecule has 0 unspecified atom stereocenters. The van der Waals surface area contributed by atoms with Crippen LogP contribution in [0.15, 0.2) is 54.6 Å². The van der Waals surface area contributed by atoms with Gasteiger partial charge in [-0.2, -0.15) is 5.10 Å². The highest BCUT2D eigenvalue weighted by atomic mass is 35.5. The first-order chi connectivity index (χ1) is 18.7. The van der Waals surface area contributed by atoms with Gasteiger partial charge in [0.1, 0.15) is 0 Å². The number of fused-ring (bicyclic) bond motifs is 2. The number of aryl methyl sites for hydroxylation is 1. The number of nitrogens with zero attached hydrogens (tertiary/aromatic N) is 4. The van der Waals surface area contributed by atoms with Crippen LogP contribution in [0.2, 0.25) is 5.02 Å². The first kappa shape index (κ1) is 25.4. The summed E-state index contributed by atoms with van der Waals surface area (Å²) < 4.78 is 1.85. The van der Waals surface area contributed by atoms with Crippen LogP contribution in [0.25, 0.3) is 21.8 Å². The highest BCUT2D eigenvalue weighted by molar-refractivity contribution is 6.35. The van der Waals surface area contributed by atoms with Crippen LogP contribution in [0.4, 0.5) is 11.4 Å². The molecule has 200 valence electrons. The van der Waals surface area contributed by atoms with E-state index in [4.69, 9.17) is 18.0 Å². The Morgan fingerprint density at radius 1 is 1.23 bits per heavy atom. The van der Waals surface area contributed by atoms with Crippen LogP contribution in [0.3, 0.4) is 0 Å². The summed E-state index contributed by atoms with van der Waals surface area (Å²) in [6.07, 6.45) is 14.2. The average molecular weight is 541 g/mol. The third kappa shape index (κ3) is 5.08. The van der Waals surface area contributed by atoms with Gasteiger partial charge in [-0.1, -0.05) is 50.4 Å². The molecular formula is C30H33ClN8. The standard InChI is InChI=1S/C30H33ClN8/c1-6-18-14-32-28-22(27(18)33-17-30(2,3)4)12-19(13-24(28)31)34-29(26-16-39(37-35-26)20-10-11-20)21-8-7-9-25-23(21)15-38(5)36-25/h1,7-9,12-16,20,29,34-35,37H,10-11,17H2,2-5H3,(H,32,33)/t29-/m0/s1. The van der Waals surface area contributed by atoms with Crippen molar-refractivity contribution in [3.63, 3.8) is 0 Å². The van der Waals surface area contributed by atoms with Crippen LogP contribution in [-0.4, -0.2) is 32.4 Å². The van der Waals surface area contributed by atoms with E-state index in [2.05, 4.69) is 87.9 Å². The number of hydrogen-bond donors (Lipinski definition) is 4. The van der Waals surface area contributed by atoms with Crippen LogP contribution in [0.5, 0.6) is 0 Å². The molecule has 1 saturated carbocycles. The van der Waals surface area contributed by atoms with E-state index in [1.54, 1.807) is 6.20 Å². The van der Waals surface area contributed by atoms with E-state index in [0.29, 0.717) is 22.1 Å². The minimum absolute atomic E-state index is 0.0651. The van der Waals surface area contributed by atoms with Crippen LogP contribution in [0, 0.1) is 17.8 Å². The molecule has 0 spiro atoms. The van der Waals surface area contributed by atoms with Gasteiger partial charge in [0.25, 0.3) is 0 Å². The van der Waals surface area contributed by atoms with Gasteiger partial charge in [-0.25, -0.2) is 0 Å². The average Bonchev–Trinajstić information content (AvgIpc) is 3.49. The molecule has 6 rings (SSSR count). The second kappa shape index (κ2) is 9.67. The van der Waals surface area contributed by atoms with Gasteiger partial charge in [-0.3, -0.25) is 14.7 Å². The molecule has 3 heterocycles. The summed E-state index contributed by atoms with van der Waals surface area (Å²) in [5.74, 6) is 2.79. The molecule has 39 heavy (non-hydrogen) atoms. The molecule has 8 nitrogen and oxygen atoms in total. The normalized spacial score (nSPS) is 16.2. The Hall–Kier alpha value is -3.93. The third-order valence-electron chi connectivity index (χ3n) is 7.05. The molecule has 9 heteroatoms. The number of pyridine rings is 1. The summed E-state index contributed by atoms with van der Waals surface area (Å²) in [5.41, 5.74) is 13.0. The summed E-state index contributed by atoms with van der Waals surface area (Å²) in [4.78, 5) is 4.60. The predicted octanol–water partition coefficient (Wildman–Crippen LogP) is 5.70. The number of nitrogens with one attached hydrogen (secondary N) is 4. The van der Waals surface area contributed by atoms with Gasteiger partial charge < -0.3 is 16.1 Å². The quantitative estimate of drug-likeness (QED) is 0.224. The molecule has 0 bridgehead atoms. The second-order valence-corrected chi connectivity index (χ2v) is 12.0. The largest absolute Gasteiger partial charge is 0.383 e. The van der Waals surface area contributed by atoms with Crippen molar-refractivity contribution < 1.29 is 0 Å². The second-order valence-electron chi connectivity index (χ2n) is 11.6. The molecular weight excluding hydrogens is 508 g/mol. The fourth-order valence-electron chi connectivity index (χ4n) is 4.96. The SMILES string of the molecule is C#Cc1cnc2c(Cl)cc(N[C@H](C3=CN(C4CC4)NN3)c3cccc4nn(C)cc34)cc2c1NCC(C)(C)C.